The highest BCUT2D eigenvalue weighted by Crippen LogP contribution is 2.33. The van der Waals surface area contributed by atoms with E-state index in [0.717, 1.165) is 25.0 Å². The van der Waals surface area contributed by atoms with Gasteiger partial charge in [-0.3, -0.25) is 9.59 Å². The second-order valence-electron chi connectivity index (χ2n) is 8.14. The van der Waals surface area contributed by atoms with Crippen LogP contribution in [0.4, 0.5) is 4.79 Å². The van der Waals surface area contributed by atoms with Crippen molar-refractivity contribution in [3.8, 4) is 5.75 Å². The van der Waals surface area contributed by atoms with Gasteiger partial charge in [0.05, 0.1) is 12.1 Å². The van der Waals surface area contributed by atoms with Gasteiger partial charge < -0.3 is 30.8 Å². The molecule has 3 atom stereocenters. The quantitative estimate of drug-likeness (QED) is 0.207. The minimum absolute atomic E-state index is 0.0377. The summed E-state index contributed by atoms with van der Waals surface area (Å²) < 4.78 is 5.09. The van der Waals surface area contributed by atoms with Crippen LogP contribution in [0.3, 0.4) is 0 Å². The van der Waals surface area contributed by atoms with E-state index in [9.17, 15) is 24.3 Å². The molecule has 4 rings (SSSR count). The lowest BCUT2D eigenvalue weighted by Crippen LogP contribution is -2.37. The Morgan fingerprint density at radius 3 is 2.79 bits per heavy atom. The molecule has 5 N–H and O–H groups in total. The Labute approximate surface area is 193 Å². The predicted molar refractivity (Wildman–Crippen MR) is 123 cm³/mol. The van der Waals surface area contributed by atoms with E-state index in [4.69, 9.17) is 4.42 Å². The van der Waals surface area contributed by atoms with Gasteiger partial charge in [0, 0.05) is 42.0 Å². The minimum Gasteiger partial charge on any atom is -0.508 e. The molecule has 10 nitrogen and oxygen atoms in total. The third-order valence-electron chi connectivity index (χ3n) is 5.78. The molecule has 1 aromatic heterocycles. The van der Waals surface area contributed by atoms with Gasteiger partial charge in [0.2, 0.25) is 5.91 Å². The van der Waals surface area contributed by atoms with E-state index in [1.807, 2.05) is 11.8 Å². The molecule has 0 aliphatic carbocycles. The van der Waals surface area contributed by atoms with E-state index in [0.29, 0.717) is 17.1 Å². The van der Waals surface area contributed by atoms with E-state index >= 15 is 0 Å². The van der Waals surface area contributed by atoms with Crippen molar-refractivity contribution in [3.63, 3.8) is 0 Å². The molecule has 3 heterocycles. The Kier molecular flexibility index (Phi) is 7.07. The summed E-state index contributed by atoms with van der Waals surface area (Å²) in [6, 6.07) is 6.00. The number of carbonyl (C=O) groups is 3. The molecule has 0 bridgehead atoms. The fourth-order valence-electron chi connectivity index (χ4n) is 4.09. The highest BCUT2D eigenvalue weighted by atomic mass is 32.2. The smallest absolute Gasteiger partial charge is 0.349 e. The highest BCUT2D eigenvalue weighted by Gasteiger charge is 2.42. The highest BCUT2D eigenvalue weighted by molar-refractivity contribution is 8.00. The van der Waals surface area contributed by atoms with Crippen LogP contribution in [0.1, 0.15) is 36.0 Å². The number of nitrogens with one attached hydrogen (secondary N) is 4. The van der Waals surface area contributed by atoms with E-state index in [1.54, 1.807) is 6.07 Å². The average molecular weight is 475 g/mol. The number of urea groups is 1. The van der Waals surface area contributed by atoms with Gasteiger partial charge in [0.25, 0.3) is 5.91 Å². The maximum absolute atomic E-state index is 12.3. The van der Waals surface area contributed by atoms with Crippen molar-refractivity contribution in [1.29, 1.82) is 0 Å². The molecule has 1 aromatic carbocycles. The molecular formula is C22H26N4O6S. The largest absolute Gasteiger partial charge is 0.508 e. The Morgan fingerprint density at radius 1 is 1.12 bits per heavy atom. The van der Waals surface area contributed by atoms with Crippen LogP contribution in [0.5, 0.6) is 5.75 Å². The van der Waals surface area contributed by atoms with Gasteiger partial charge in [-0.2, -0.15) is 11.8 Å². The van der Waals surface area contributed by atoms with Gasteiger partial charge in [-0.25, -0.2) is 9.59 Å². The third kappa shape index (κ3) is 5.59. The van der Waals surface area contributed by atoms with Crippen LogP contribution in [0, 0.1) is 0 Å². The van der Waals surface area contributed by atoms with Crippen molar-refractivity contribution in [2.75, 3.05) is 18.8 Å². The van der Waals surface area contributed by atoms with Crippen LogP contribution in [-0.2, 0) is 4.79 Å². The summed E-state index contributed by atoms with van der Waals surface area (Å²) in [4.78, 5) is 47.8. The van der Waals surface area contributed by atoms with Crippen molar-refractivity contribution in [1.82, 2.24) is 21.3 Å². The van der Waals surface area contributed by atoms with Gasteiger partial charge in [-0.05, 0) is 31.0 Å². The van der Waals surface area contributed by atoms with Gasteiger partial charge in [0.1, 0.15) is 16.9 Å². The van der Waals surface area contributed by atoms with Crippen molar-refractivity contribution in [2.24, 2.45) is 0 Å². The molecule has 4 amide bonds. The number of rotatable bonds is 9. The van der Waals surface area contributed by atoms with Crippen LogP contribution < -0.4 is 26.9 Å². The lowest BCUT2D eigenvalue weighted by Gasteiger charge is -2.16. The maximum atomic E-state index is 12.3. The second kappa shape index (κ2) is 10.2. The second-order valence-corrected chi connectivity index (χ2v) is 9.42. The number of thioether (sulfide) groups is 1. The first-order valence-corrected chi connectivity index (χ1v) is 12.0. The van der Waals surface area contributed by atoms with E-state index in [-0.39, 0.29) is 54.0 Å². The topological polar surface area (TPSA) is 150 Å². The summed E-state index contributed by atoms with van der Waals surface area (Å²) in [6.07, 6.45) is 2.99. The number of carbonyl (C=O) groups excluding carboxylic acids is 3. The van der Waals surface area contributed by atoms with Crippen LogP contribution in [0.2, 0.25) is 0 Å². The van der Waals surface area contributed by atoms with E-state index < -0.39 is 11.5 Å². The third-order valence-corrected chi connectivity index (χ3v) is 7.29. The van der Waals surface area contributed by atoms with Gasteiger partial charge in [-0.1, -0.05) is 6.42 Å². The van der Waals surface area contributed by atoms with Crippen molar-refractivity contribution >= 4 is 40.6 Å². The fourth-order valence-corrected chi connectivity index (χ4v) is 5.64. The lowest BCUT2D eigenvalue weighted by molar-refractivity contribution is -0.121. The molecule has 0 radical (unpaired) electrons. The van der Waals surface area contributed by atoms with Gasteiger partial charge in [-0.15, -0.1) is 0 Å². The first-order valence-electron chi connectivity index (χ1n) is 10.9. The molecule has 2 aliphatic rings. The van der Waals surface area contributed by atoms with Crippen molar-refractivity contribution in [3.05, 3.63) is 40.2 Å². The zero-order chi connectivity index (χ0) is 23.4. The number of unbranched alkanes of at least 4 members (excludes halogenated alkanes) is 1. The normalized spacial score (nSPS) is 21.3. The number of phenolic OH excluding ortho intramolecular Hbond substituents is 1. The monoisotopic (exact) mass is 474 g/mol. The Morgan fingerprint density at radius 2 is 1.94 bits per heavy atom. The number of amides is 4. The predicted octanol–water partition coefficient (Wildman–Crippen LogP) is 1.07. The van der Waals surface area contributed by atoms with Crippen molar-refractivity contribution in [2.45, 2.75) is 43.0 Å². The molecule has 11 heteroatoms. The average Bonchev–Trinajstić information content (AvgIpc) is 3.32. The number of fused-ring (bicyclic) bond motifs is 2. The van der Waals surface area contributed by atoms with Gasteiger partial charge >= 0.3 is 11.7 Å². The zero-order valence-corrected chi connectivity index (χ0v) is 18.7. The SMILES string of the molecule is O=C(CCCC[C@@H]1SC[C@@H]2NC(=O)N[C@@H]21)NCCNC(=O)c1cc2ccc(O)cc2oc1=O. The van der Waals surface area contributed by atoms with Crippen molar-refractivity contribution < 1.29 is 23.9 Å². The summed E-state index contributed by atoms with van der Waals surface area (Å²) in [5.74, 6) is 0.200. The van der Waals surface area contributed by atoms with Crippen LogP contribution in [-0.4, -0.2) is 59.1 Å². The summed E-state index contributed by atoms with van der Waals surface area (Å²) in [7, 11) is 0. The molecular weight excluding hydrogens is 448 g/mol. The molecule has 2 fully saturated rings. The van der Waals surface area contributed by atoms with Crippen LogP contribution in [0.25, 0.3) is 11.0 Å². The first-order chi connectivity index (χ1) is 15.9. The zero-order valence-electron chi connectivity index (χ0n) is 17.9. The van der Waals surface area contributed by atoms with Crippen LogP contribution >= 0.6 is 11.8 Å². The minimum atomic E-state index is -0.797. The summed E-state index contributed by atoms with van der Waals surface area (Å²) in [6.45, 7) is 0.420. The Hall–Kier alpha value is -3.21. The van der Waals surface area contributed by atoms with Crippen LogP contribution in [0.15, 0.2) is 33.5 Å². The number of hydrogen-bond donors (Lipinski definition) is 5. The summed E-state index contributed by atoms with van der Waals surface area (Å²) in [5.41, 5.74) is -0.741. The van der Waals surface area contributed by atoms with Gasteiger partial charge in [0.15, 0.2) is 0 Å². The molecule has 2 aliphatic heterocycles. The number of aromatic hydroxyl groups is 1. The lowest BCUT2D eigenvalue weighted by atomic mass is 10.0. The molecule has 176 valence electrons. The Bertz CT molecular complexity index is 1120. The molecule has 0 saturated carbocycles. The molecule has 33 heavy (non-hydrogen) atoms. The molecule has 0 unspecified atom stereocenters. The summed E-state index contributed by atoms with van der Waals surface area (Å²) in [5, 5.41) is 21.6. The maximum Gasteiger partial charge on any atom is 0.349 e. The number of phenols is 1. The molecule has 2 aromatic rings. The number of benzene rings is 1. The number of hydrogen-bond acceptors (Lipinski definition) is 7. The molecule has 0 spiro atoms. The first kappa shape index (κ1) is 23.0. The fraction of sp³-hybridized carbons (Fsp3) is 0.455. The molecule has 2 saturated heterocycles. The summed E-state index contributed by atoms with van der Waals surface area (Å²) >= 11 is 1.86. The standard InChI is InChI=1S/C22H26N4O6S/c27-13-6-5-12-9-14(21(30)32-16(12)10-13)20(29)24-8-7-23-18(28)4-2-1-3-17-19-15(11-33-17)25-22(31)26-19/h5-6,9-10,15,17,19,27H,1-4,7-8,11H2,(H,23,28)(H,24,29)(H2,25,26,31)/t15-,17-,19-/m0/s1. The van der Waals surface area contributed by atoms with E-state index in [2.05, 4.69) is 21.3 Å². The Balaban J connectivity index is 1.13. The van der Waals surface area contributed by atoms with E-state index in [1.165, 1.54) is 18.2 Å².